The van der Waals surface area contributed by atoms with Crippen LogP contribution >= 0.6 is 0 Å². The molecule has 102 valence electrons. The summed E-state index contributed by atoms with van der Waals surface area (Å²) in [5.41, 5.74) is 0. The molecule has 6 heteroatoms. The largest absolute Gasteiger partial charge is 0.504 e. The van der Waals surface area contributed by atoms with E-state index in [1.807, 2.05) is 0 Å². The summed E-state index contributed by atoms with van der Waals surface area (Å²) in [5, 5.41) is 20.2. The van der Waals surface area contributed by atoms with Crippen LogP contribution in [0.2, 0.25) is 0 Å². The third-order valence-corrected chi connectivity index (χ3v) is 2.71. The predicted octanol–water partition coefficient (Wildman–Crippen LogP) is 1.48. The molecule has 2 unspecified atom stereocenters. The molecular weight excluding hydrogens is 238 g/mol. The van der Waals surface area contributed by atoms with Crippen molar-refractivity contribution in [3.8, 4) is 0 Å². The van der Waals surface area contributed by atoms with Crippen LogP contribution in [0.4, 0.5) is 0 Å². The molecule has 1 fully saturated rings. The molecule has 1 aliphatic rings. The van der Waals surface area contributed by atoms with Gasteiger partial charge in [-0.25, -0.2) is 0 Å². The third-order valence-electron chi connectivity index (χ3n) is 2.71. The van der Waals surface area contributed by atoms with Crippen LogP contribution in [0.3, 0.4) is 0 Å². The number of aliphatic hydroxyl groups is 1. The van der Waals surface area contributed by atoms with E-state index in [9.17, 15) is 15.2 Å². The van der Waals surface area contributed by atoms with E-state index in [1.54, 1.807) is 6.08 Å². The summed E-state index contributed by atoms with van der Waals surface area (Å²) in [7, 11) is 1.44. The number of nitrogens with zero attached hydrogens (tertiary/aromatic N) is 1. The second kappa shape index (κ2) is 7.71. The molecule has 0 aromatic rings. The zero-order chi connectivity index (χ0) is 13.4. The van der Waals surface area contributed by atoms with Crippen LogP contribution in [0, 0.1) is 16.0 Å². The van der Waals surface area contributed by atoms with Gasteiger partial charge in [0.1, 0.15) is 6.61 Å². The molecule has 2 atom stereocenters. The lowest BCUT2D eigenvalue weighted by molar-refractivity contribution is -0.508. The summed E-state index contributed by atoms with van der Waals surface area (Å²) < 4.78 is 9.76. The lowest BCUT2D eigenvalue weighted by atomic mass is 10.2. The van der Waals surface area contributed by atoms with E-state index in [1.165, 1.54) is 25.7 Å². The Labute approximate surface area is 106 Å². The molecule has 0 aliphatic heterocycles. The number of methoxy groups -OCH3 is 1. The number of aliphatic hydroxyl groups excluding tert-OH is 1. The number of rotatable bonds is 9. The van der Waals surface area contributed by atoms with Gasteiger partial charge in [0.25, 0.3) is 0 Å². The highest BCUT2D eigenvalue weighted by molar-refractivity contribution is 4.90. The molecule has 1 N–H and O–H groups in total. The van der Waals surface area contributed by atoms with Gasteiger partial charge in [0.2, 0.25) is 6.04 Å². The Balaban J connectivity index is 2.19. The van der Waals surface area contributed by atoms with E-state index in [-0.39, 0.29) is 18.0 Å². The van der Waals surface area contributed by atoms with Crippen LogP contribution in [0.15, 0.2) is 24.7 Å². The molecule has 0 heterocycles. The molecule has 0 aromatic heterocycles. The highest BCUT2D eigenvalue weighted by Crippen LogP contribution is 2.32. The third kappa shape index (κ3) is 5.67. The maximum Gasteiger partial charge on any atom is 0.238 e. The summed E-state index contributed by atoms with van der Waals surface area (Å²) in [5.74, 6) is 0.370. The maximum absolute atomic E-state index is 10.7. The predicted molar refractivity (Wildman–Crippen MR) is 65.4 cm³/mol. The number of ether oxygens (including phenoxy) is 2. The summed E-state index contributed by atoms with van der Waals surface area (Å²) in [4.78, 5) is 10.3. The van der Waals surface area contributed by atoms with Gasteiger partial charge in [-0.2, -0.15) is 0 Å². The smallest absolute Gasteiger partial charge is 0.238 e. The molecule has 1 saturated carbocycles. The zero-order valence-electron chi connectivity index (χ0n) is 10.4. The molecule has 0 amide bonds. The van der Waals surface area contributed by atoms with Crippen molar-refractivity contribution >= 4 is 0 Å². The molecule has 0 saturated heterocycles. The Morgan fingerprint density at radius 1 is 1.50 bits per heavy atom. The van der Waals surface area contributed by atoms with Crippen LogP contribution in [0.25, 0.3) is 0 Å². The van der Waals surface area contributed by atoms with E-state index >= 15 is 0 Å². The molecule has 0 radical (unpaired) electrons. The quantitative estimate of drug-likeness (QED) is 0.384. The summed E-state index contributed by atoms with van der Waals surface area (Å²) in [6.45, 7) is 0.248. The van der Waals surface area contributed by atoms with E-state index in [0.717, 1.165) is 12.8 Å². The zero-order valence-corrected chi connectivity index (χ0v) is 10.4. The molecule has 0 spiro atoms. The Kier molecular flexibility index (Phi) is 6.21. The topological polar surface area (TPSA) is 81.8 Å². The Hall–Kier alpha value is -1.56. The van der Waals surface area contributed by atoms with Crippen LogP contribution in [0.5, 0.6) is 0 Å². The van der Waals surface area contributed by atoms with Crippen molar-refractivity contribution in [1.29, 1.82) is 0 Å². The highest BCUT2D eigenvalue weighted by atomic mass is 16.6. The van der Waals surface area contributed by atoms with Gasteiger partial charge in [-0.3, -0.25) is 10.1 Å². The molecular formula is C12H19NO5. The maximum atomic E-state index is 10.7. The summed E-state index contributed by atoms with van der Waals surface area (Å²) >= 11 is 0. The normalized spacial score (nSPS) is 19.0. The van der Waals surface area contributed by atoms with E-state index < -0.39 is 12.1 Å². The SMILES string of the molecule is CO/C=C/C(C/C=C/OCC(O)C1CC1)[N+](=O)[O-]. The Morgan fingerprint density at radius 2 is 2.22 bits per heavy atom. The molecule has 1 aliphatic carbocycles. The van der Waals surface area contributed by atoms with Crippen LogP contribution in [-0.4, -0.2) is 35.9 Å². The van der Waals surface area contributed by atoms with Crippen molar-refractivity contribution in [3.05, 3.63) is 34.8 Å². The number of hydrogen-bond acceptors (Lipinski definition) is 5. The standard InChI is InChI=1S/C12H19NO5/c1-17-8-6-11(13(15)16)3-2-7-18-9-12(14)10-4-5-10/h2,6-8,10-12,14H,3-5,9H2,1H3/b7-2+,8-6+. The molecule has 0 aromatic carbocycles. The minimum absolute atomic E-state index is 0.229. The molecule has 1 rings (SSSR count). The first-order valence-electron chi connectivity index (χ1n) is 5.92. The van der Waals surface area contributed by atoms with Crippen molar-refractivity contribution < 1.29 is 19.5 Å². The first-order chi connectivity index (χ1) is 8.65. The first-order valence-corrected chi connectivity index (χ1v) is 5.92. The van der Waals surface area contributed by atoms with Gasteiger partial charge in [-0.05, 0) is 24.8 Å². The Morgan fingerprint density at radius 3 is 2.78 bits per heavy atom. The second-order valence-electron chi connectivity index (χ2n) is 4.26. The summed E-state index contributed by atoms with van der Waals surface area (Å²) in [6.07, 6.45) is 7.57. The number of nitro groups is 1. The average molecular weight is 257 g/mol. The fourth-order valence-electron chi connectivity index (χ4n) is 1.44. The van der Waals surface area contributed by atoms with Gasteiger partial charge >= 0.3 is 0 Å². The first kappa shape index (κ1) is 14.5. The minimum atomic E-state index is -0.821. The minimum Gasteiger partial charge on any atom is -0.504 e. The van der Waals surface area contributed by atoms with E-state index in [0.29, 0.717) is 5.92 Å². The van der Waals surface area contributed by atoms with Crippen LogP contribution in [0.1, 0.15) is 19.3 Å². The van der Waals surface area contributed by atoms with Gasteiger partial charge in [0, 0.05) is 17.4 Å². The monoisotopic (exact) mass is 257 g/mol. The van der Waals surface area contributed by atoms with Gasteiger partial charge < -0.3 is 14.6 Å². The van der Waals surface area contributed by atoms with Crippen molar-refractivity contribution in [3.63, 3.8) is 0 Å². The van der Waals surface area contributed by atoms with Gasteiger partial charge in [0.15, 0.2) is 0 Å². The van der Waals surface area contributed by atoms with Gasteiger partial charge in [0.05, 0.1) is 25.7 Å². The van der Waals surface area contributed by atoms with Crippen molar-refractivity contribution in [2.75, 3.05) is 13.7 Å². The van der Waals surface area contributed by atoms with Gasteiger partial charge in [-0.1, -0.05) is 0 Å². The fraction of sp³-hybridized carbons (Fsp3) is 0.667. The van der Waals surface area contributed by atoms with Crippen molar-refractivity contribution in [1.82, 2.24) is 0 Å². The molecule has 18 heavy (non-hydrogen) atoms. The van der Waals surface area contributed by atoms with E-state index in [2.05, 4.69) is 4.74 Å². The lowest BCUT2D eigenvalue weighted by Gasteiger charge is -2.07. The van der Waals surface area contributed by atoms with Gasteiger partial charge in [-0.15, -0.1) is 0 Å². The molecule has 6 nitrogen and oxygen atoms in total. The number of hydrogen-bond donors (Lipinski definition) is 1. The Bertz CT molecular complexity index is 312. The fourth-order valence-corrected chi connectivity index (χ4v) is 1.44. The second-order valence-corrected chi connectivity index (χ2v) is 4.26. The summed E-state index contributed by atoms with van der Waals surface area (Å²) in [6, 6.07) is -0.821. The lowest BCUT2D eigenvalue weighted by Crippen LogP contribution is -2.16. The molecule has 0 bridgehead atoms. The van der Waals surface area contributed by atoms with Crippen molar-refractivity contribution in [2.24, 2.45) is 5.92 Å². The van der Waals surface area contributed by atoms with Crippen LogP contribution in [-0.2, 0) is 9.47 Å². The average Bonchev–Trinajstić information content (AvgIpc) is 3.15. The highest BCUT2D eigenvalue weighted by Gasteiger charge is 2.29. The van der Waals surface area contributed by atoms with Crippen molar-refractivity contribution in [2.45, 2.75) is 31.4 Å². The van der Waals surface area contributed by atoms with E-state index in [4.69, 9.17) is 4.74 Å². The van der Waals surface area contributed by atoms with Crippen LogP contribution < -0.4 is 0 Å².